The number of nitrogens with zero attached hydrogens (tertiary/aromatic N) is 1. The minimum absolute atomic E-state index is 0.112. The minimum Gasteiger partial charge on any atom is -0.464 e. The Morgan fingerprint density at radius 3 is 2.44 bits per heavy atom. The summed E-state index contributed by atoms with van der Waals surface area (Å²) in [4.78, 5) is 27.0. The SMILES string of the molecule is COC(=O)c1nc(CC2CCC2)oc1C(=O)OC. The van der Waals surface area contributed by atoms with Crippen LogP contribution in [-0.2, 0) is 15.9 Å². The highest BCUT2D eigenvalue weighted by molar-refractivity contribution is 5.99. The maximum absolute atomic E-state index is 11.5. The molecule has 1 heterocycles. The third kappa shape index (κ3) is 2.37. The third-order valence-corrected chi connectivity index (χ3v) is 3.11. The van der Waals surface area contributed by atoms with E-state index in [9.17, 15) is 9.59 Å². The summed E-state index contributed by atoms with van der Waals surface area (Å²) >= 11 is 0. The summed E-state index contributed by atoms with van der Waals surface area (Å²) in [5, 5.41) is 0. The highest BCUT2D eigenvalue weighted by Crippen LogP contribution is 2.30. The number of esters is 2. The fourth-order valence-electron chi connectivity index (χ4n) is 1.86. The van der Waals surface area contributed by atoms with Crippen LogP contribution in [0.1, 0.15) is 46.2 Å². The van der Waals surface area contributed by atoms with E-state index in [-0.39, 0.29) is 11.5 Å². The molecule has 0 saturated heterocycles. The van der Waals surface area contributed by atoms with Crippen molar-refractivity contribution in [1.82, 2.24) is 4.98 Å². The van der Waals surface area contributed by atoms with E-state index in [4.69, 9.17) is 4.42 Å². The van der Waals surface area contributed by atoms with Crippen molar-refractivity contribution in [2.75, 3.05) is 14.2 Å². The zero-order valence-electron chi connectivity index (χ0n) is 10.4. The first-order valence-corrected chi connectivity index (χ1v) is 5.82. The summed E-state index contributed by atoms with van der Waals surface area (Å²) in [6.45, 7) is 0. The van der Waals surface area contributed by atoms with Crippen LogP contribution in [0.4, 0.5) is 0 Å². The van der Waals surface area contributed by atoms with Crippen molar-refractivity contribution in [2.45, 2.75) is 25.7 Å². The van der Waals surface area contributed by atoms with Crippen molar-refractivity contribution in [1.29, 1.82) is 0 Å². The highest BCUT2D eigenvalue weighted by atomic mass is 16.5. The molecule has 1 saturated carbocycles. The lowest BCUT2D eigenvalue weighted by Gasteiger charge is -2.23. The Kier molecular flexibility index (Phi) is 3.64. The van der Waals surface area contributed by atoms with Crippen molar-refractivity contribution >= 4 is 11.9 Å². The molecule has 6 heteroatoms. The second kappa shape index (κ2) is 5.20. The fraction of sp³-hybridized carbons (Fsp3) is 0.583. The van der Waals surface area contributed by atoms with Crippen molar-refractivity contribution < 1.29 is 23.5 Å². The largest absolute Gasteiger partial charge is 0.464 e. The number of hydrogen-bond donors (Lipinski definition) is 0. The fourth-order valence-corrected chi connectivity index (χ4v) is 1.86. The second-order valence-corrected chi connectivity index (χ2v) is 4.27. The number of hydrogen-bond acceptors (Lipinski definition) is 6. The molecule has 1 aliphatic carbocycles. The molecule has 0 spiro atoms. The van der Waals surface area contributed by atoms with Gasteiger partial charge in [-0.25, -0.2) is 14.6 Å². The lowest BCUT2D eigenvalue weighted by Crippen LogP contribution is -2.14. The van der Waals surface area contributed by atoms with Gasteiger partial charge in [0, 0.05) is 6.42 Å². The van der Waals surface area contributed by atoms with Gasteiger partial charge in [0.05, 0.1) is 14.2 Å². The Morgan fingerprint density at radius 2 is 1.94 bits per heavy atom. The molecule has 0 N–H and O–H groups in total. The molecular formula is C12H15NO5. The van der Waals surface area contributed by atoms with E-state index >= 15 is 0 Å². The van der Waals surface area contributed by atoms with Gasteiger partial charge < -0.3 is 13.9 Å². The standard InChI is InChI=1S/C12H15NO5/c1-16-11(14)9-10(12(15)17-2)18-8(13-9)6-7-4-3-5-7/h7H,3-6H2,1-2H3. The number of oxazole rings is 1. The molecule has 0 bridgehead atoms. The van der Waals surface area contributed by atoms with Crippen molar-refractivity contribution in [3.63, 3.8) is 0 Å². The third-order valence-electron chi connectivity index (χ3n) is 3.11. The van der Waals surface area contributed by atoms with Crippen LogP contribution in [-0.4, -0.2) is 31.1 Å². The van der Waals surface area contributed by atoms with E-state index in [2.05, 4.69) is 14.5 Å². The summed E-state index contributed by atoms with van der Waals surface area (Å²) < 4.78 is 14.4. The first-order chi connectivity index (χ1) is 8.65. The van der Waals surface area contributed by atoms with Crippen LogP contribution < -0.4 is 0 Å². The summed E-state index contributed by atoms with van der Waals surface area (Å²) in [5.41, 5.74) is -0.112. The van der Waals surface area contributed by atoms with E-state index in [0.29, 0.717) is 18.2 Å². The van der Waals surface area contributed by atoms with Gasteiger partial charge in [0.1, 0.15) is 0 Å². The molecule has 1 aromatic rings. The topological polar surface area (TPSA) is 78.6 Å². The molecular weight excluding hydrogens is 238 g/mol. The van der Waals surface area contributed by atoms with E-state index in [1.165, 1.54) is 20.6 Å². The molecule has 1 aromatic heterocycles. The van der Waals surface area contributed by atoms with Gasteiger partial charge in [0.15, 0.2) is 5.89 Å². The first kappa shape index (κ1) is 12.6. The molecule has 1 aliphatic rings. The number of methoxy groups -OCH3 is 2. The van der Waals surface area contributed by atoms with Gasteiger partial charge in [-0.05, 0) is 18.8 Å². The normalized spacial score (nSPS) is 15.0. The summed E-state index contributed by atoms with van der Waals surface area (Å²) in [6, 6.07) is 0. The molecule has 2 rings (SSSR count). The lowest BCUT2D eigenvalue weighted by atomic mass is 9.83. The monoisotopic (exact) mass is 253 g/mol. The average molecular weight is 253 g/mol. The number of rotatable bonds is 4. The molecule has 98 valence electrons. The average Bonchev–Trinajstić information content (AvgIpc) is 2.76. The predicted octanol–water partition coefficient (Wildman–Crippen LogP) is 1.59. The smallest absolute Gasteiger partial charge is 0.376 e. The van der Waals surface area contributed by atoms with Crippen LogP contribution in [0, 0.1) is 5.92 Å². The lowest BCUT2D eigenvalue weighted by molar-refractivity contribution is 0.0525. The summed E-state index contributed by atoms with van der Waals surface area (Å²) in [7, 11) is 2.45. The van der Waals surface area contributed by atoms with Crippen LogP contribution in [0.3, 0.4) is 0 Å². The molecule has 0 radical (unpaired) electrons. The number of ether oxygens (including phenoxy) is 2. The Morgan fingerprint density at radius 1 is 1.28 bits per heavy atom. The van der Waals surface area contributed by atoms with Gasteiger partial charge in [-0.3, -0.25) is 0 Å². The Balaban J connectivity index is 2.24. The maximum atomic E-state index is 11.5. The molecule has 0 aromatic carbocycles. The summed E-state index contributed by atoms with van der Waals surface area (Å²) in [6.07, 6.45) is 4.10. The highest BCUT2D eigenvalue weighted by Gasteiger charge is 2.28. The van der Waals surface area contributed by atoms with Crippen LogP contribution in [0.25, 0.3) is 0 Å². The van der Waals surface area contributed by atoms with E-state index in [0.717, 1.165) is 12.8 Å². The van der Waals surface area contributed by atoms with Gasteiger partial charge in [-0.2, -0.15) is 0 Å². The van der Waals surface area contributed by atoms with Gasteiger partial charge in [0.2, 0.25) is 11.5 Å². The van der Waals surface area contributed by atoms with Gasteiger partial charge >= 0.3 is 11.9 Å². The Labute approximate surface area is 104 Å². The molecule has 0 unspecified atom stereocenters. The Bertz CT molecular complexity index is 428. The van der Waals surface area contributed by atoms with E-state index in [1.54, 1.807) is 0 Å². The minimum atomic E-state index is -0.720. The van der Waals surface area contributed by atoms with Crippen molar-refractivity contribution in [3.05, 3.63) is 17.3 Å². The second-order valence-electron chi connectivity index (χ2n) is 4.27. The molecule has 0 amide bonds. The van der Waals surface area contributed by atoms with Crippen LogP contribution in [0.15, 0.2) is 4.42 Å². The van der Waals surface area contributed by atoms with Gasteiger partial charge in [-0.1, -0.05) is 6.42 Å². The zero-order chi connectivity index (χ0) is 13.1. The molecule has 18 heavy (non-hydrogen) atoms. The molecule has 0 atom stereocenters. The molecule has 1 fully saturated rings. The molecule has 6 nitrogen and oxygen atoms in total. The predicted molar refractivity (Wildman–Crippen MR) is 60.2 cm³/mol. The quantitative estimate of drug-likeness (QED) is 0.758. The van der Waals surface area contributed by atoms with Crippen LogP contribution >= 0.6 is 0 Å². The van der Waals surface area contributed by atoms with Crippen LogP contribution in [0.2, 0.25) is 0 Å². The first-order valence-electron chi connectivity index (χ1n) is 5.82. The zero-order valence-corrected chi connectivity index (χ0v) is 10.4. The van der Waals surface area contributed by atoms with Crippen molar-refractivity contribution in [2.24, 2.45) is 5.92 Å². The Hall–Kier alpha value is -1.85. The van der Waals surface area contributed by atoms with Gasteiger partial charge in [0.25, 0.3) is 0 Å². The van der Waals surface area contributed by atoms with Gasteiger partial charge in [-0.15, -0.1) is 0 Å². The van der Waals surface area contributed by atoms with Crippen LogP contribution in [0.5, 0.6) is 0 Å². The summed E-state index contributed by atoms with van der Waals surface area (Å²) in [5.74, 6) is -0.680. The van der Waals surface area contributed by atoms with E-state index < -0.39 is 11.9 Å². The number of carbonyl (C=O) groups excluding carboxylic acids is 2. The van der Waals surface area contributed by atoms with E-state index in [1.807, 2.05) is 0 Å². The maximum Gasteiger partial charge on any atom is 0.376 e. The molecule has 0 aliphatic heterocycles. The van der Waals surface area contributed by atoms with Crippen molar-refractivity contribution in [3.8, 4) is 0 Å². The number of aromatic nitrogens is 1. The number of carbonyl (C=O) groups is 2.